The molecule has 5 nitrogen and oxygen atoms in total. The quantitative estimate of drug-likeness (QED) is 0.527. The Morgan fingerprint density at radius 2 is 2.14 bits per heavy atom. The molecule has 1 aromatic rings. The van der Waals surface area contributed by atoms with E-state index in [9.17, 15) is 4.79 Å². The van der Waals surface area contributed by atoms with E-state index in [0.717, 1.165) is 18.5 Å². The number of rotatable bonds is 4. The van der Waals surface area contributed by atoms with Crippen LogP contribution in [0.2, 0.25) is 0 Å². The van der Waals surface area contributed by atoms with Crippen LogP contribution in [0.4, 0.5) is 4.79 Å². The van der Waals surface area contributed by atoms with Crippen molar-refractivity contribution < 1.29 is 4.79 Å². The summed E-state index contributed by atoms with van der Waals surface area (Å²) in [6, 6.07) is 5.80. The van der Waals surface area contributed by atoms with Crippen molar-refractivity contribution >= 4 is 23.7 Å². The molecule has 0 spiro atoms. The summed E-state index contributed by atoms with van der Waals surface area (Å²) in [6.07, 6.45) is 9.48. The molecule has 0 saturated heterocycles. The predicted molar refractivity (Wildman–Crippen MR) is 87.2 cm³/mol. The number of hydrogen-bond acceptors (Lipinski definition) is 4. The summed E-state index contributed by atoms with van der Waals surface area (Å²) in [6.45, 7) is 1.84. The maximum absolute atomic E-state index is 12.3. The van der Waals surface area contributed by atoms with E-state index in [1.165, 1.54) is 31.2 Å². The summed E-state index contributed by atoms with van der Waals surface area (Å²) in [5, 5.41) is 4.16. The number of hydrogen-bond donors (Lipinski definition) is 1. The minimum Gasteiger partial charge on any atom is -0.264 e. The number of carbonyl (C=O) groups is 1. The molecule has 0 aliphatic heterocycles. The van der Waals surface area contributed by atoms with Gasteiger partial charge < -0.3 is 0 Å². The normalized spacial score (nSPS) is 16.6. The van der Waals surface area contributed by atoms with Gasteiger partial charge in [0, 0.05) is 18.5 Å². The van der Waals surface area contributed by atoms with Gasteiger partial charge in [-0.05, 0) is 43.8 Å². The minimum atomic E-state index is -0.148. The molecule has 1 heterocycles. The molecule has 0 radical (unpaired) electrons. The number of hydrazone groups is 1. The Kier molecular flexibility index (Phi) is 6.04. The number of urea groups is 1. The molecule has 1 aliphatic carbocycles. The molecule has 2 amide bonds. The summed E-state index contributed by atoms with van der Waals surface area (Å²) >= 11 is 1.47. The van der Waals surface area contributed by atoms with Gasteiger partial charge in [0.2, 0.25) is 0 Å². The summed E-state index contributed by atoms with van der Waals surface area (Å²) in [5.74, 6) is 0. The van der Waals surface area contributed by atoms with Gasteiger partial charge in [-0.15, -0.1) is 0 Å². The van der Waals surface area contributed by atoms with Gasteiger partial charge in [0.25, 0.3) is 0 Å². The standard InChI is InChI=1S/C15H22N4OS/c1-12(14-10-6-7-11-16-14)17-18-15(20)19(21-2)13-8-4-3-5-9-13/h6-7,10-11,13H,3-5,8-9H2,1-2H3,(H,18,20)/b17-12+. The summed E-state index contributed by atoms with van der Waals surface area (Å²) in [5.41, 5.74) is 4.12. The summed E-state index contributed by atoms with van der Waals surface area (Å²) in [7, 11) is 0. The first-order valence-electron chi connectivity index (χ1n) is 7.31. The fraction of sp³-hybridized carbons (Fsp3) is 0.533. The smallest absolute Gasteiger partial charge is 0.264 e. The average molecular weight is 306 g/mol. The van der Waals surface area contributed by atoms with Gasteiger partial charge in [0.15, 0.2) is 0 Å². The maximum Gasteiger partial charge on any atom is 0.348 e. The lowest BCUT2D eigenvalue weighted by molar-refractivity contribution is 0.206. The summed E-state index contributed by atoms with van der Waals surface area (Å²) in [4.78, 5) is 16.5. The van der Waals surface area contributed by atoms with Crippen LogP contribution in [0.1, 0.15) is 44.7 Å². The molecule has 6 heteroatoms. The van der Waals surface area contributed by atoms with Gasteiger partial charge in [-0.25, -0.2) is 10.2 Å². The zero-order valence-corrected chi connectivity index (χ0v) is 13.4. The van der Waals surface area contributed by atoms with Crippen LogP contribution in [0.3, 0.4) is 0 Å². The van der Waals surface area contributed by atoms with Gasteiger partial charge in [-0.1, -0.05) is 25.3 Å². The van der Waals surface area contributed by atoms with E-state index in [2.05, 4.69) is 15.5 Å². The Labute approximate surface area is 130 Å². The zero-order chi connectivity index (χ0) is 15.1. The number of pyridine rings is 1. The third-order valence-corrected chi connectivity index (χ3v) is 4.52. The van der Waals surface area contributed by atoms with E-state index in [4.69, 9.17) is 0 Å². The molecule has 114 valence electrons. The third-order valence-electron chi connectivity index (χ3n) is 3.66. The molecule has 0 unspecified atom stereocenters. The maximum atomic E-state index is 12.3. The van der Waals surface area contributed by atoms with Crippen LogP contribution in [-0.2, 0) is 0 Å². The van der Waals surface area contributed by atoms with E-state index in [1.807, 2.05) is 35.7 Å². The van der Waals surface area contributed by atoms with Crippen LogP contribution in [0.15, 0.2) is 29.5 Å². The van der Waals surface area contributed by atoms with E-state index in [1.54, 1.807) is 6.20 Å². The van der Waals surface area contributed by atoms with Crippen LogP contribution in [0.5, 0.6) is 0 Å². The SMILES string of the molecule is CSN(C(=O)N/N=C(\C)c1ccccn1)C1CCCCC1. The lowest BCUT2D eigenvalue weighted by atomic mass is 9.96. The molecule has 2 rings (SSSR count). The molecule has 1 saturated carbocycles. The molecule has 1 aromatic heterocycles. The highest BCUT2D eigenvalue weighted by Crippen LogP contribution is 2.26. The second kappa shape index (κ2) is 8.02. The first kappa shape index (κ1) is 15.8. The second-order valence-electron chi connectivity index (χ2n) is 5.13. The Morgan fingerprint density at radius 1 is 1.38 bits per heavy atom. The van der Waals surface area contributed by atoms with Crippen molar-refractivity contribution in [1.29, 1.82) is 0 Å². The van der Waals surface area contributed by atoms with Crippen molar-refractivity contribution in [2.45, 2.75) is 45.1 Å². The first-order valence-corrected chi connectivity index (χ1v) is 8.49. The van der Waals surface area contributed by atoms with Crippen molar-refractivity contribution in [2.24, 2.45) is 5.10 Å². The van der Waals surface area contributed by atoms with Gasteiger partial charge in [0.1, 0.15) is 0 Å². The highest BCUT2D eigenvalue weighted by atomic mass is 32.2. The molecule has 0 aromatic carbocycles. The van der Waals surface area contributed by atoms with Crippen LogP contribution >= 0.6 is 11.9 Å². The molecule has 1 aliphatic rings. The first-order chi connectivity index (χ1) is 10.2. The number of amides is 2. The lowest BCUT2D eigenvalue weighted by Gasteiger charge is -2.31. The molecule has 0 atom stereocenters. The van der Waals surface area contributed by atoms with Crippen molar-refractivity contribution in [3.63, 3.8) is 0 Å². The topological polar surface area (TPSA) is 57.6 Å². The Balaban J connectivity index is 1.96. The lowest BCUT2D eigenvalue weighted by Crippen LogP contribution is -2.41. The molecular weight excluding hydrogens is 284 g/mol. The van der Waals surface area contributed by atoms with Crippen molar-refractivity contribution in [3.8, 4) is 0 Å². The Morgan fingerprint density at radius 3 is 2.76 bits per heavy atom. The second-order valence-corrected chi connectivity index (χ2v) is 5.89. The van der Waals surface area contributed by atoms with Gasteiger partial charge >= 0.3 is 6.03 Å². The van der Waals surface area contributed by atoms with Crippen molar-refractivity contribution in [3.05, 3.63) is 30.1 Å². The molecule has 21 heavy (non-hydrogen) atoms. The zero-order valence-electron chi connectivity index (χ0n) is 12.6. The van der Waals surface area contributed by atoms with Crippen LogP contribution < -0.4 is 5.43 Å². The van der Waals surface area contributed by atoms with E-state index in [0.29, 0.717) is 11.8 Å². The largest absolute Gasteiger partial charge is 0.348 e. The van der Waals surface area contributed by atoms with Crippen LogP contribution in [0, 0.1) is 0 Å². The third kappa shape index (κ3) is 4.46. The number of nitrogens with zero attached hydrogens (tertiary/aromatic N) is 3. The van der Waals surface area contributed by atoms with Crippen molar-refractivity contribution in [2.75, 3.05) is 6.26 Å². The number of nitrogens with one attached hydrogen (secondary N) is 1. The Bertz CT molecular complexity index is 486. The van der Waals surface area contributed by atoms with E-state index < -0.39 is 0 Å². The molecule has 1 fully saturated rings. The predicted octanol–water partition coefficient (Wildman–Crippen LogP) is 3.43. The molecule has 0 bridgehead atoms. The number of carbonyl (C=O) groups excluding carboxylic acids is 1. The van der Waals surface area contributed by atoms with E-state index >= 15 is 0 Å². The van der Waals surface area contributed by atoms with E-state index in [-0.39, 0.29) is 6.03 Å². The highest BCUT2D eigenvalue weighted by Gasteiger charge is 2.24. The fourth-order valence-electron chi connectivity index (χ4n) is 2.53. The van der Waals surface area contributed by atoms with Gasteiger partial charge in [-0.2, -0.15) is 5.10 Å². The molecule has 1 N–H and O–H groups in total. The monoisotopic (exact) mass is 306 g/mol. The minimum absolute atomic E-state index is 0.148. The van der Waals surface area contributed by atoms with Crippen LogP contribution in [0.25, 0.3) is 0 Å². The number of aromatic nitrogens is 1. The Hall–Kier alpha value is -1.56. The average Bonchev–Trinajstić information content (AvgIpc) is 2.55. The van der Waals surface area contributed by atoms with Gasteiger partial charge in [-0.3, -0.25) is 9.29 Å². The van der Waals surface area contributed by atoms with Gasteiger partial charge in [0.05, 0.1) is 11.4 Å². The molecular formula is C15H22N4OS. The van der Waals surface area contributed by atoms with Crippen LogP contribution in [-0.4, -0.2) is 33.3 Å². The summed E-state index contributed by atoms with van der Waals surface area (Å²) < 4.78 is 1.81. The van der Waals surface area contributed by atoms with Crippen molar-refractivity contribution in [1.82, 2.24) is 14.7 Å². The highest BCUT2D eigenvalue weighted by molar-refractivity contribution is 7.96. The fourth-order valence-corrected chi connectivity index (χ4v) is 3.24.